The minimum Gasteiger partial charge on any atom is -0.351 e. The molecule has 1 aromatic heterocycles. The minimum atomic E-state index is -4.69. The van der Waals surface area contributed by atoms with E-state index in [0.717, 1.165) is 41.0 Å². The van der Waals surface area contributed by atoms with Crippen molar-refractivity contribution in [2.45, 2.75) is 37.5 Å². The van der Waals surface area contributed by atoms with Crippen LogP contribution >= 0.6 is 0 Å². The molecule has 0 unspecified atom stereocenters. The molecule has 0 radical (unpaired) electrons. The van der Waals surface area contributed by atoms with E-state index in [0.29, 0.717) is 11.1 Å². The average molecular weight is 562 g/mol. The first-order valence-corrected chi connectivity index (χ1v) is 13.2. The van der Waals surface area contributed by atoms with Crippen LogP contribution in [0.1, 0.15) is 30.8 Å². The van der Waals surface area contributed by atoms with Gasteiger partial charge in [-0.05, 0) is 59.4 Å². The summed E-state index contributed by atoms with van der Waals surface area (Å²) in [5, 5.41) is 12.2. The summed E-state index contributed by atoms with van der Waals surface area (Å²) in [6.07, 6.45) is -2.66. The number of nitrogens with one attached hydrogen (secondary N) is 1. The first kappa shape index (κ1) is 28.1. The summed E-state index contributed by atoms with van der Waals surface area (Å²) < 4.78 is 79.5. The van der Waals surface area contributed by atoms with Crippen LogP contribution in [0.2, 0.25) is 0 Å². The van der Waals surface area contributed by atoms with Crippen molar-refractivity contribution in [3.63, 3.8) is 0 Å². The van der Waals surface area contributed by atoms with E-state index in [4.69, 9.17) is 0 Å². The monoisotopic (exact) mass is 561 g/mol. The number of amides is 1. The Kier molecular flexibility index (Phi) is 7.72. The molecular formula is C26H23F4N5O3S. The predicted octanol–water partition coefficient (Wildman–Crippen LogP) is 4.13. The number of hydrogen-bond donors (Lipinski definition) is 1. The predicted molar refractivity (Wildman–Crippen MR) is 131 cm³/mol. The number of sulfonamides is 1. The molecule has 0 bridgehead atoms. The molecular weight excluding hydrogens is 538 g/mol. The molecule has 3 aromatic rings. The van der Waals surface area contributed by atoms with Crippen molar-refractivity contribution in [3.05, 3.63) is 77.6 Å². The SMILES string of the molecule is C[C@@H]1[C@@H](C(=O)NCc2cc(-c3cnc(C(F)(F)F)nc3)ccc2C#N)N(S(=O)(=O)c2ccc(F)cc2)C[C@@H]1C. The minimum absolute atomic E-state index is 0.0891. The second-order valence-electron chi connectivity index (χ2n) is 9.30. The van der Waals surface area contributed by atoms with Gasteiger partial charge in [-0.1, -0.05) is 19.9 Å². The molecule has 8 nitrogen and oxygen atoms in total. The van der Waals surface area contributed by atoms with Crippen LogP contribution in [0.15, 0.2) is 59.8 Å². The van der Waals surface area contributed by atoms with E-state index in [1.165, 1.54) is 18.2 Å². The number of carbonyl (C=O) groups is 1. The lowest BCUT2D eigenvalue weighted by Crippen LogP contribution is -2.47. The van der Waals surface area contributed by atoms with Gasteiger partial charge in [0.25, 0.3) is 0 Å². The van der Waals surface area contributed by atoms with Gasteiger partial charge in [0, 0.05) is 31.0 Å². The van der Waals surface area contributed by atoms with Gasteiger partial charge >= 0.3 is 6.18 Å². The van der Waals surface area contributed by atoms with Gasteiger partial charge in [-0.25, -0.2) is 22.8 Å². The number of nitriles is 1. The molecule has 4 rings (SSSR count). The summed E-state index contributed by atoms with van der Waals surface area (Å²) >= 11 is 0. The van der Waals surface area contributed by atoms with E-state index in [1.54, 1.807) is 6.92 Å². The Morgan fingerprint density at radius 3 is 2.33 bits per heavy atom. The lowest BCUT2D eigenvalue weighted by Gasteiger charge is -2.25. The highest BCUT2D eigenvalue weighted by Crippen LogP contribution is 2.34. The van der Waals surface area contributed by atoms with Crippen molar-refractivity contribution in [2.75, 3.05) is 6.54 Å². The maximum Gasteiger partial charge on any atom is 0.451 e. The molecule has 1 aliphatic heterocycles. The van der Waals surface area contributed by atoms with E-state index in [1.807, 2.05) is 13.0 Å². The van der Waals surface area contributed by atoms with Crippen molar-refractivity contribution >= 4 is 15.9 Å². The second kappa shape index (κ2) is 10.7. The summed E-state index contributed by atoms with van der Waals surface area (Å²) in [6.45, 7) is 3.54. The smallest absolute Gasteiger partial charge is 0.351 e. The Hall–Kier alpha value is -3.89. The first-order valence-electron chi connectivity index (χ1n) is 11.8. The van der Waals surface area contributed by atoms with Crippen molar-refractivity contribution in [3.8, 4) is 17.2 Å². The third-order valence-corrected chi connectivity index (χ3v) is 8.64. The molecule has 39 heavy (non-hydrogen) atoms. The van der Waals surface area contributed by atoms with Gasteiger partial charge in [-0.2, -0.15) is 22.7 Å². The summed E-state index contributed by atoms with van der Waals surface area (Å²) in [5.41, 5.74) is 1.29. The molecule has 2 aromatic carbocycles. The number of halogens is 4. The molecule has 0 aliphatic carbocycles. The number of rotatable bonds is 6. The Labute approximate surface area is 222 Å². The van der Waals surface area contributed by atoms with Gasteiger partial charge in [0.05, 0.1) is 16.5 Å². The molecule has 2 heterocycles. The molecule has 0 saturated carbocycles. The van der Waals surface area contributed by atoms with Crippen molar-refractivity contribution in [2.24, 2.45) is 11.8 Å². The number of benzene rings is 2. The first-order chi connectivity index (χ1) is 18.3. The molecule has 204 valence electrons. The Morgan fingerprint density at radius 2 is 1.74 bits per heavy atom. The van der Waals surface area contributed by atoms with Crippen molar-refractivity contribution < 1.29 is 30.8 Å². The number of hydrogen-bond acceptors (Lipinski definition) is 6. The van der Waals surface area contributed by atoms with Crippen LogP contribution in [0.4, 0.5) is 17.6 Å². The van der Waals surface area contributed by atoms with Crippen LogP contribution in [0.5, 0.6) is 0 Å². The Balaban J connectivity index is 1.57. The van der Waals surface area contributed by atoms with Crippen LogP contribution in [0.25, 0.3) is 11.1 Å². The average Bonchev–Trinajstić information content (AvgIpc) is 3.21. The topological polar surface area (TPSA) is 116 Å². The number of alkyl halides is 3. The number of nitrogens with zero attached hydrogens (tertiary/aromatic N) is 4. The number of carbonyl (C=O) groups excluding carboxylic acids is 1. The third kappa shape index (κ3) is 5.76. The van der Waals surface area contributed by atoms with E-state index < -0.39 is 39.8 Å². The van der Waals surface area contributed by atoms with E-state index in [9.17, 15) is 36.0 Å². The Morgan fingerprint density at radius 1 is 1.10 bits per heavy atom. The highest BCUT2D eigenvalue weighted by molar-refractivity contribution is 7.89. The van der Waals surface area contributed by atoms with Gasteiger partial charge in [-0.15, -0.1) is 0 Å². The van der Waals surface area contributed by atoms with Crippen LogP contribution in [-0.2, 0) is 27.5 Å². The normalized spacial score (nSPS) is 20.0. The highest BCUT2D eigenvalue weighted by Gasteiger charge is 2.47. The maximum absolute atomic E-state index is 13.4. The van der Waals surface area contributed by atoms with E-state index in [-0.39, 0.29) is 40.9 Å². The van der Waals surface area contributed by atoms with Gasteiger partial charge in [-0.3, -0.25) is 4.79 Å². The maximum atomic E-state index is 13.4. The largest absolute Gasteiger partial charge is 0.451 e. The fourth-order valence-corrected chi connectivity index (χ4v) is 6.20. The Bertz CT molecular complexity index is 1520. The van der Waals surface area contributed by atoms with E-state index in [2.05, 4.69) is 15.3 Å². The molecule has 13 heteroatoms. The lowest BCUT2D eigenvalue weighted by molar-refractivity contribution is -0.145. The van der Waals surface area contributed by atoms with Crippen LogP contribution in [0.3, 0.4) is 0 Å². The van der Waals surface area contributed by atoms with Gasteiger partial charge < -0.3 is 5.32 Å². The quantitative estimate of drug-likeness (QED) is 0.453. The zero-order valence-corrected chi connectivity index (χ0v) is 21.6. The van der Waals surface area contributed by atoms with Crippen molar-refractivity contribution in [1.82, 2.24) is 19.6 Å². The standard InChI is InChI=1S/C26H23F4N5O3S/c1-15-14-35(39(37,38)22-7-5-21(27)6-8-22)23(16(15)2)24(36)32-11-19-9-17(3-4-18(19)10-31)20-12-33-25(34-13-20)26(28,29)30/h3-9,12-13,15-16,23H,11,14H2,1-2H3,(H,32,36)/t15-,16-,23-/m0/s1. The fourth-order valence-electron chi connectivity index (χ4n) is 4.44. The zero-order valence-electron chi connectivity index (χ0n) is 20.8. The lowest BCUT2D eigenvalue weighted by atomic mass is 9.93. The van der Waals surface area contributed by atoms with Crippen molar-refractivity contribution in [1.29, 1.82) is 5.26 Å². The molecule has 1 saturated heterocycles. The highest BCUT2D eigenvalue weighted by atomic mass is 32.2. The fraction of sp³-hybridized carbons (Fsp3) is 0.308. The molecule has 1 N–H and O–H groups in total. The summed E-state index contributed by atoms with van der Waals surface area (Å²) in [6, 6.07) is 9.81. The van der Waals surface area contributed by atoms with E-state index >= 15 is 0 Å². The van der Waals surface area contributed by atoms with Gasteiger partial charge in [0.1, 0.15) is 11.9 Å². The zero-order chi connectivity index (χ0) is 28.5. The van der Waals surface area contributed by atoms with Crippen LogP contribution in [-0.4, -0.2) is 41.2 Å². The molecule has 3 atom stereocenters. The molecule has 1 fully saturated rings. The van der Waals surface area contributed by atoms with Gasteiger partial charge in [0.15, 0.2) is 0 Å². The van der Waals surface area contributed by atoms with Gasteiger partial charge in [0.2, 0.25) is 21.8 Å². The molecule has 1 amide bonds. The second-order valence-corrected chi connectivity index (χ2v) is 11.2. The van der Waals surface area contributed by atoms with Crippen LogP contribution in [0, 0.1) is 29.0 Å². The summed E-state index contributed by atoms with van der Waals surface area (Å²) in [4.78, 5) is 19.9. The summed E-state index contributed by atoms with van der Waals surface area (Å²) in [7, 11) is -4.11. The number of aromatic nitrogens is 2. The molecule has 1 aliphatic rings. The third-order valence-electron chi connectivity index (χ3n) is 6.78. The van der Waals surface area contributed by atoms with Crippen LogP contribution < -0.4 is 5.32 Å². The summed E-state index contributed by atoms with van der Waals surface area (Å²) in [5.74, 6) is -2.94. The molecule has 0 spiro atoms.